The average Bonchev–Trinajstić information content (AvgIpc) is 3.12. The molecular weight excluding hydrogens is 264 g/mol. The Bertz CT molecular complexity index is 636. The fourth-order valence-electron chi connectivity index (χ4n) is 1.73. The van der Waals surface area contributed by atoms with Gasteiger partial charge in [0.1, 0.15) is 0 Å². The van der Waals surface area contributed by atoms with E-state index >= 15 is 0 Å². The molecule has 0 radical (unpaired) electrons. The van der Waals surface area contributed by atoms with E-state index in [0.29, 0.717) is 27.3 Å². The lowest BCUT2D eigenvalue weighted by Gasteiger charge is -2.07. The molecule has 3 rings (SSSR count). The number of hydrogen-bond acceptors (Lipinski definition) is 6. The van der Waals surface area contributed by atoms with Gasteiger partial charge in [-0.05, 0) is 53.2 Å². The molecule has 0 bridgehead atoms. The standard InChI is InChI=1S/C11H12N6OS/c12-6-1-4-9(8(5-6)10(13)18)19-11-14-15-16-17(11)7-2-3-7/h1,4-5,7H,2-3,12H2,(H2,13,18). The molecule has 98 valence electrons. The van der Waals surface area contributed by atoms with Crippen molar-refractivity contribution in [2.24, 2.45) is 5.73 Å². The Morgan fingerprint density at radius 2 is 2.21 bits per heavy atom. The van der Waals surface area contributed by atoms with E-state index in [1.807, 2.05) is 0 Å². The van der Waals surface area contributed by atoms with Crippen molar-refractivity contribution >= 4 is 23.4 Å². The smallest absolute Gasteiger partial charge is 0.249 e. The second-order valence-corrected chi connectivity index (χ2v) is 5.37. The fraction of sp³-hybridized carbons (Fsp3) is 0.273. The van der Waals surface area contributed by atoms with Crippen molar-refractivity contribution in [3.8, 4) is 0 Å². The predicted molar refractivity (Wildman–Crippen MR) is 69.6 cm³/mol. The van der Waals surface area contributed by atoms with Gasteiger partial charge in [0.2, 0.25) is 11.1 Å². The van der Waals surface area contributed by atoms with Gasteiger partial charge in [-0.2, -0.15) is 0 Å². The summed E-state index contributed by atoms with van der Waals surface area (Å²) in [7, 11) is 0. The number of rotatable bonds is 4. The van der Waals surface area contributed by atoms with E-state index in [1.54, 1.807) is 22.9 Å². The largest absolute Gasteiger partial charge is 0.399 e. The van der Waals surface area contributed by atoms with Crippen LogP contribution in [0.15, 0.2) is 28.3 Å². The molecule has 1 aliphatic carbocycles. The van der Waals surface area contributed by atoms with Crippen molar-refractivity contribution in [1.29, 1.82) is 0 Å². The summed E-state index contributed by atoms with van der Waals surface area (Å²) in [5.41, 5.74) is 11.9. The molecule has 1 heterocycles. The van der Waals surface area contributed by atoms with Gasteiger partial charge in [0.05, 0.1) is 11.6 Å². The van der Waals surface area contributed by atoms with Crippen LogP contribution in [-0.4, -0.2) is 26.1 Å². The van der Waals surface area contributed by atoms with E-state index in [-0.39, 0.29) is 0 Å². The fourth-order valence-corrected chi connectivity index (χ4v) is 2.69. The second kappa shape index (κ2) is 4.54. The van der Waals surface area contributed by atoms with Gasteiger partial charge in [-0.25, -0.2) is 4.68 Å². The third kappa shape index (κ3) is 2.39. The summed E-state index contributed by atoms with van der Waals surface area (Å²) >= 11 is 1.32. The van der Waals surface area contributed by atoms with E-state index in [1.165, 1.54) is 11.8 Å². The first-order valence-corrected chi connectivity index (χ1v) is 6.62. The molecule has 1 aliphatic rings. The lowest BCUT2D eigenvalue weighted by atomic mass is 10.2. The van der Waals surface area contributed by atoms with Crippen LogP contribution in [-0.2, 0) is 0 Å². The minimum Gasteiger partial charge on any atom is -0.399 e. The maximum atomic E-state index is 11.4. The first kappa shape index (κ1) is 12.0. The molecule has 0 spiro atoms. The van der Waals surface area contributed by atoms with Gasteiger partial charge in [-0.15, -0.1) is 5.10 Å². The van der Waals surface area contributed by atoms with Crippen LogP contribution in [0.4, 0.5) is 5.69 Å². The number of primary amides is 1. The third-order valence-corrected chi connectivity index (χ3v) is 3.85. The minimum absolute atomic E-state index is 0.378. The number of nitrogens with zero attached hydrogens (tertiary/aromatic N) is 4. The Morgan fingerprint density at radius 1 is 1.42 bits per heavy atom. The zero-order chi connectivity index (χ0) is 13.4. The van der Waals surface area contributed by atoms with E-state index in [0.717, 1.165) is 12.8 Å². The molecule has 4 N–H and O–H groups in total. The maximum Gasteiger partial charge on any atom is 0.249 e. The number of anilines is 1. The summed E-state index contributed by atoms with van der Waals surface area (Å²) in [6.07, 6.45) is 2.17. The molecule has 1 fully saturated rings. The zero-order valence-corrected chi connectivity index (χ0v) is 10.8. The first-order chi connectivity index (χ1) is 9.15. The van der Waals surface area contributed by atoms with Crippen LogP contribution in [0.1, 0.15) is 29.2 Å². The molecule has 0 saturated heterocycles. The Hall–Kier alpha value is -2.09. The highest BCUT2D eigenvalue weighted by Gasteiger charge is 2.28. The minimum atomic E-state index is -0.514. The highest BCUT2D eigenvalue weighted by Crippen LogP contribution is 2.38. The highest BCUT2D eigenvalue weighted by atomic mass is 32.2. The number of carbonyl (C=O) groups is 1. The number of carbonyl (C=O) groups excluding carboxylic acids is 1. The number of amides is 1. The first-order valence-electron chi connectivity index (χ1n) is 5.80. The summed E-state index contributed by atoms with van der Waals surface area (Å²) in [4.78, 5) is 12.1. The third-order valence-electron chi connectivity index (χ3n) is 2.83. The number of nitrogen functional groups attached to an aromatic ring is 1. The Morgan fingerprint density at radius 3 is 2.89 bits per heavy atom. The van der Waals surface area contributed by atoms with E-state index in [4.69, 9.17) is 11.5 Å². The Balaban J connectivity index is 1.94. The van der Waals surface area contributed by atoms with Crippen molar-refractivity contribution < 1.29 is 4.79 Å². The highest BCUT2D eigenvalue weighted by molar-refractivity contribution is 7.99. The molecule has 1 saturated carbocycles. The Labute approximate surface area is 113 Å². The number of tetrazole rings is 1. The average molecular weight is 276 g/mol. The molecule has 0 unspecified atom stereocenters. The van der Waals surface area contributed by atoms with Crippen molar-refractivity contribution in [3.63, 3.8) is 0 Å². The van der Waals surface area contributed by atoms with E-state index in [9.17, 15) is 4.79 Å². The van der Waals surface area contributed by atoms with Gasteiger partial charge in [-0.1, -0.05) is 0 Å². The molecule has 0 aliphatic heterocycles. The van der Waals surface area contributed by atoms with Gasteiger partial charge in [0, 0.05) is 10.6 Å². The predicted octanol–water partition coefficient (Wildman–Crippen LogP) is 0.840. The lowest BCUT2D eigenvalue weighted by Crippen LogP contribution is -2.12. The van der Waals surface area contributed by atoms with Gasteiger partial charge in [-0.3, -0.25) is 4.79 Å². The number of hydrogen-bond donors (Lipinski definition) is 2. The van der Waals surface area contributed by atoms with Crippen molar-refractivity contribution in [1.82, 2.24) is 20.2 Å². The van der Waals surface area contributed by atoms with Crippen LogP contribution in [0, 0.1) is 0 Å². The van der Waals surface area contributed by atoms with E-state index in [2.05, 4.69) is 15.5 Å². The Kier molecular flexibility index (Phi) is 2.86. The summed E-state index contributed by atoms with van der Waals surface area (Å²) < 4.78 is 1.78. The molecule has 1 amide bonds. The van der Waals surface area contributed by atoms with Crippen molar-refractivity contribution in [2.45, 2.75) is 28.9 Å². The maximum absolute atomic E-state index is 11.4. The molecule has 19 heavy (non-hydrogen) atoms. The summed E-state index contributed by atoms with van der Waals surface area (Å²) in [5.74, 6) is -0.514. The van der Waals surface area contributed by atoms with E-state index < -0.39 is 5.91 Å². The van der Waals surface area contributed by atoms with Crippen LogP contribution in [0.25, 0.3) is 0 Å². The molecule has 8 heteroatoms. The van der Waals surface area contributed by atoms with Gasteiger partial charge >= 0.3 is 0 Å². The summed E-state index contributed by atoms with van der Waals surface area (Å²) in [5, 5.41) is 12.3. The number of aromatic nitrogens is 4. The summed E-state index contributed by atoms with van der Waals surface area (Å²) in [6.45, 7) is 0. The molecule has 1 aromatic heterocycles. The molecule has 7 nitrogen and oxygen atoms in total. The van der Waals surface area contributed by atoms with Crippen LogP contribution in [0.3, 0.4) is 0 Å². The second-order valence-electron chi connectivity index (χ2n) is 4.36. The van der Waals surface area contributed by atoms with Crippen LogP contribution in [0.2, 0.25) is 0 Å². The number of nitrogens with two attached hydrogens (primary N) is 2. The van der Waals surface area contributed by atoms with Crippen LogP contribution >= 0.6 is 11.8 Å². The normalized spacial score (nSPS) is 14.5. The quantitative estimate of drug-likeness (QED) is 0.800. The molecular formula is C11H12N6OS. The zero-order valence-electron chi connectivity index (χ0n) is 9.98. The molecule has 0 atom stereocenters. The number of benzene rings is 1. The molecule has 2 aromatic rings. The SMILES string of the molecule is NC(=O)c1cc(N)ccc1Sc1nnnn1C1CC1. The lowest BCUT2D eigenvalue weighted by molar-refractivity contribution is 0.0997. The monoisotopic (exact) mass is 276 g/mol. The molecule has 1 aromatic carbocycles. The van der Waals surface area contributed by atoms with Gasteiger partial charge in [0.25, 0.3) is 0 Å². The topological polar surface area (TPSA) is 113 Å². The van der Waals surface area contributed by atoms with Crippen molar-refractivity contribution in [2.75, 3.05) is 5.73 Å². The van der Waals surface area contributed by atoms with Crippen LogP contribution in [0.5, 0.6) is 0 Å². The van der Waals surface area contributed by atoms with Crippen LogP contribution < -0.4 is 11.5 Å². The van der Waals surface area contributed by atoms with Gasteiger partial charge in [0.15, 0.2) is 0 Å². The summed E-state index contributed by atoms with van der Waals surface area (Å²) in [6, 6.07) is 5.42. The van der Waals surface area contributed by atoms with Gasteiger partial charge < -0.3 is 11.5 Å². The van der Waals surface area contributed by atoms with Crippen molar-refractivity contribution in [3.05, 3.63) is 23.8 Å².